The Hall–Kier alpha value is -0.570. The predicted octanol–water partition coefficient (Wildman–Crippen LogP) is 3.39. The van der Waals surface area contributed by atoms with Gasteiger partial charge in [-0.2, -0.15) is 0 Å². The Labute approximate surface area is 106 Å². The zero-order valence-electron chi connectivity index (χ0n) is 12.1. The molecule has 1 unspecified atom stereocenters. The Morgan fingerprint density at radius 3 is 2.24 bits per heavy atom. The topological polar surface area (TPSA) is 40.5 Å². The number of nitrogens with zero attached hydrogens (tertiary/aromatic N) is 1. The summed E-state index contributed by atoms with van der Waals surface area (Å²) in [5, 5.41) is 8.98. The molecule has 0 radical (unpaired) electrons. The van der Waals surface area contributed by atoms with Gasteiger partial charge in [-0.25, -0.2) is 0 Å². The SMILES string of the molecule is CCCCCCN(CC(C)C(=O)O)C(C)(C)C. The molecule has 3 heteroatoms. The van der Waals surface area contributed by atoms with Crippen LogP contribution in [0.1, 0.15) is 60.3 Å². The molecule has 0 bridgehead atoms. The van der Waals surface area contributed by atoms with E-state index >= 15 is 0 Å². The minimum Gasteiger partial charge on any atom is -0.481 e. The van der Waals surface area contributed by atoms with Gasteiger partial charge >= 0.3 is 5.97 Å². The number of hydrogen-bond donors (Lipinski definition) is 1. The Morgan fingerprint density at radius 1 is 1.24 bits per heavy atom. The van der Waals surface area contributed by atoms with Crippen LogP contribution in [0.5, 0.6) is 0 Å². The molecule has 0 aromatic carbocycles. The number of carboxylic acid groups (broad SMARTS) is 1. The van der Waals surface area contributed by atoms with E-state index in [1.165, 1.54) is 19.3 Å². The Morgan fingerprint density at radius 2 is 1.82 bits per heavy atom. The van der Waals surface area contributed by atoms with Gasteiger partial charge in [0.2, 0.25) is 0 Å². The summed E-state index contributed by atoms with van der Waals surface area (Å²) in [5.74, 6) is -0.992. The largest absolute Gasteiger partial charge is 0.481 e. The summed E-state index contributed by atoms with van der Waals surface area (Å²) in [5.41, 5.74) is 0.0515. The number of carboxylic acids is 1. The fraction of sp³-hybridized carbons (Fsp3) is 0.929. The van der Waals surface area contributed by atoms with Gasteiger partial charge in [0.1, 0.15) is 0 Å². The molecule has 0 aromatic heterocycles. The second kappa shape index (κ2) is 7.70. The van der Waals surface area contributed by atoms with E-state index in [1.807, 2.05) is 0 Å². The van der Waals surface area contributed by atoms with Crippen LogP contribution >= 0.6 is 0 Å². The summed E-state index contributed by atoms with van der Waals surface area (Å²) in [6.07, 6.45) is 4.91. The molecule has 0 aliphatic rings. The summed E-state index contributed by atoms with van der Waals surface area (Å²) >= 11 is 0. The fourth-order valence-corrected chi connectivity index (χ4v) is 1.84. The van der Waals surface area contributed by atoms with E-state index in [9.17, 15) is 4.79 Å². The third-order valence-corrected chi connectivity index (χ3v) is 3.15. The highest BCUT2D eigenvalue weighted by atomic mass is 16.4. The zero-order chi connectivity index (χ0) is 13.5. The molecule has 0 aliphatic carbocycles. The van der Waals surface area contributed by atoms with Gasteiger partial charge in [-0.05, 0) is 33.7 Å². The molecule has 102 valence electrons. The summed E-state index contributed by atoms with van der Waals surface area (Å²) in [6.45, 7) is 12.1. The van der Waals surface area contributed by atoms with Crippen molar-refractivity contribution in [2.45, 2.75) is 65.8 Å². The minimum atomic E-state index is -0.701. The van der Waals surface area contributed by atoms with Crippen molar-refractivity contribution in [2.24, 2.45) is 5.92 Å². The maximum atomic E-state index is 10.9. The molecule has 17 heavy (non-hydrogen) atoms. The maximum absolute atomic E-state index is 10.9. The van der Waals surface area contributed by atoms with Gasteiger partial charge in [0, 0.05) is 12.1 Å². The van der Waals surface area contributed by atoms with Crippen LogP contribution in [0.4, 0.5) is 0 Å². The number of aliphatic carboxylic acids is 1. The van der Waals surface area contributed by atoms with Crippen LogP contribution in [0.15, 0.2) is 0 Å². The van der Waals surface area contributed by atoms with E-state index < -0.39 is 5.97 Å². The first kappa shape index (κ1) is 16.4. The van der Waals surface area contributed by atoms with E-state index in [0.717, 1.165) is 13.0 Å². The first-order chi connectivity index (χ1) is 7.79. The van der Waals surface area contributed by atoms with Gasteiger partial charge in [0.15, 0.2) is 0 Å². The molecule has 0 saturated heterocycles. The van der Waals surface area contributed by atoms with Gasteiger partial charge in [0.25, 0.3) is 0 Å². The summed E-state index contributed by atoms with van der Waals surface area (Å²) in [6, 6.07) is 0. The molecule has 0 saturated carbocycles. The van der Waals surface area contributed by atoms with Crippen LogP contribution in [-0.2, 0) is 4.79 Å². The molecule has 0 spiro atoms. The average molecular weight is 243 g/mol. The van der Waals surface area contributed by atoms with Crippen LogP contribution in [0.25, 0.3) is 0 Å². The van der Waals surface area contributed by atoms with Crippen LogP contribution in [0, 0.1) is 5.92 Å². The Kier molecular flexibility index (Phi) is 7.44. The Bertz CT molecular complexity index is 221. The maximum Gasteiger partial charge on any atom is 0.307 e. The second-order valence-corrected chi connectivity index (χ2v) is 5.92. The normalized spacial score (nSPS) is 14.0. The lowest BCUT2D eigenvalue weighted by Gasteiger charge is -2.36. The van der Waals surface area contributed by atoms with Crippen LogP contribution < -0.4 is 0 Å². The molecule has 0 heterocycles. The van der Waals surface area contributed by atoms with Crippen LogP contribution in [0.3, 0.4) is 0 Å². The highest BCUT2D eigenvalue weighted by molar-refractivity contribution is 5.69. The smallest absolute Gasteiger partial charge is 0.307 e. The molecule has 1 atom stereocenters. The van der Waals surface area contributed by atoms with Crippen molar-refractivity contribution in [3.8, 4) is 0 Å². The quantitative estimate of drug-likeness (QED) is 0.664. The molecule has 0 aromatic rings. The average Bonchev–Trinajstić information content (AvgIpc) is 2.20. The van der Waals surface area contributed by atoms with Crippen molar-refractivity contribution >= 4 is 5.97 Å². The van der Waals surface area contributed by atoms with Crippen LogP contribution in [0.2, 0.25) is 0 Å². The van der Waals surface area contributed by atoms with Crippen molar-refractivity contribution in [3.63, 3.8) is 0 Å². The van der Waals surface area contributed by atoms with Gasteiger partial charge in [-0.1, -0.05) is 33.1 Å². The summed E-state index contributed by atoms with van der Waals surface area (Å²) in [7, 11) is 0. The Balaban J connectivity index is 4.21. The number of unbranched alkanes of at least 4 members (excludes halogenated alkanes) is 3. The van der Waals surface area contributed by atoms with Crippen molar-refractivity contribution in [2.75, 3.05) is 13.1 Å². The minimum absolute atomic E-state index is 0.0515. The summed E-state index contributed by atoms with van der Waals surface area (Å²) < 4.78 is 0. The van der Waals surface area contributed by atoms with Crippen molar-refractivity contribution in [1.82, 2.24) is 4.90 Å². The zero-order valence-corrected chi connectivity index (χ0v) is 12.1. The van der Waals surface area contributed by atoms with E-state index in [4.69, 9.17) is 5.11 Å². The third-order valence-electron chi connectivity index (χ3n) is 3.15. The predicted molar refractivity (Wildman–Crippen MR) is 72.3 cm³/mol. The van der Waals surface area contributed by atoms with Crippen molar-refractivity contribution in [1.29, 1.82) is 0 Å². The highest BCUT2D eigenvalue weighted by Gasteiger charge is 2.24. The monoisotopic (exact) mass is 243 g/mol. The standard InChI is InChI=1S/C14H29NO2/c1-6-7-8-9-10-15(14(3,4)5)11-12(2)13(16)17/h12H,6-11H2,1-5H3,(H,16,17). The van der Waals surface area contributed by atoms with Crippen molar-refractivity contribution in [3.05, 3.63) is 0 Å². The third kappa shape index (κ3) is 7.37. The molecule has 0 amide bonds. The van der Waals surface area contributed by atoms with E-state index in [-0.39, 0.29) is 11.5 Å². The molecule has 0 rings (SSSR count). The molecule has 0 aliphatic heterocycles. The van der Waals surface area contributed by atoms with E-state index in [0.29, 0.717) is 6.54 Å². The van der Waals surface area contributed by atoms with Gasteiger partial charge in [0.05, 0.1) is 5.92 Å². The molecular formula is C14H29NO2. The van der Waals surface area contributed by atoms with Gasteiger partial charge in [-0.15, -0.1) is 0 Å². The molecular weight excluding hydrogens is 214 g/mol. The number of carbonyl (C=O) groups is 1. The lowest BCUT2D eigenvalue weighted by molar-refractivity contribution is -0.142. The van der Waals surface area contributed by atoms with Gasteiger partial charge < -0.3 is 5.11 Å². The van der Waals surface area contributed by atoms with E-state index in [2.05, 4.69) is 32.6 Å². The van der Waals surface area contributed by atoms with E-state index in [1.54, 1.807) is 6.92 Å². The van der Waals surface area contributed by atoms with Gasteiger partial charge in [-0.3, -0.25) is 9.69 Å². The number of hydrogen-bond acceptors (Lipinski definition) is 2. The first-order valence-corrected chi connectivity index (χ1v) is 6.77. The highest BCUT2D eigenvalue weighted by Crippen LogP contribution is 2.17. The van der Waals surface area contributed by atoms with Crippen LogP contribution in [-0.4, -0.2) is 34.6 Å². The molecule has 1 N–H and O–H groups in total. The molecule has 3 nitrogen and oxygen atoms in total. The first-order valence-electron chi connectivity index (χ1n) is 6.77. The lowest BCUT2D eigenvalue weighted by Crippen LogP contribution is -2.45. The van der Waals surface area contributed by atoms with Crippen molar-refractivity contribution < 1.29 is 9.90 Å². The lowest BCUT2D eigenvalue weighted by atomic mass is 10.0. The summed E-state index contributed by atoms with van der Waals surface area (Å²) in [4.78, 5) is 13.2. The number of rotatable bonds is 8. The second-order valence-electron chi connectivity index (χ2n) is 5.92. The fourth-order valence-electron chi connectivity index (χ4n) is 1.84. The molecule has 0 fully saturated rings.